The van der Waals surface area contributed by atoms with E-state index in [0.717, 1.165) is 29.5 Å². The maximum Gasteiger partial charge on any atom is 0.177 e. The third-order valence-electron chi connectivity index (χ3n) is 2.14. The Morgan fingerprint density at radius 1 is 1.18 bits per heavy atom. The Labute approximate surface area is 106 Å². The molecule has 0 saturated carbocycles. The number of rotatable bonds is 3. The van der Waals surface area contributed by atoms with E-state index >= 15 is 0 Å². The zero-order chi connectivity index (χ0) is 12.4. The van der Waals surface area contributed by atoms with Crippen LogP contribution in [-0.2, 0) is 6.42 Å². The highest BCUT2D eigenvalue weighted by atomic mass is 35.5. The van der Waals surface area contributed by atoms with Crippen LogP contribution in [-0.4, -0.2) is 5.78 Å². The molecule has 5 heteroatoms. The first kappa shape index (κ1) is 12.2. The molecule has 1 heterocycles. The van der Waals surface area contributed by atoms with Gasteiger partial charge in [0, 0.05) is 12.5 Å². The van der Waals surface area contributed by atoms with Crippen LogP contribution in [0.15, 0.2) is 30.3 Å². The predicted molar refractivity (Wildman–Crippen MR) is 63.7 cm³/mol. The standard InChI is InChI=1S/C12H7ClF2OS/c13-12-2-1-11(17-12)10(16)5-7-3-8(14)6-9(15)4-7/h1-4,6H,5H2. The molecule has 2 rings (SSSR count). The van der Waals surface area contributed by atoms with Gasteiger partial charge in [-0.25, -0.2) is 8.78 Å². The summed E-state index contributed by atoms with van der Waals surface area (Å²) in [6.45, 7) is 0. The van der Waals surface area contributed by atoms with E-state index in [1.165, 1.54) is 0 Å². The van der Waals surface area contributed by atoms with Gasteiger partial charge in [0.1, 0.15) is 11.6 Å². The SMILES string of the molecule is O=C(Cc1cc(F)cc(F)c1)c1ccc(Cl)s1. The number of halogens is 3. The van der Waals surface area contributed by atoms with Gasteiger partial charge in [-0.15, -0.1) is 11.3 Å². The summed E-state index contributed by atoms with van der Waals surface area (Å²) in [5, 5.41) is 0. The van der Waals surface area contributed by atoms with Gasteiger partial charge in [0.25, 0.3) is 0 Å². The molecule has 0 spiro atoms. The van der Waals surface area contributed by atoms with Crippen molar-refractivity contribution in [1.82, 2.24) is 0 Å². The molecule has 1 aromatic carbocycles. The van der Waals surface area contributed by atoms with Gasteiger partial charge < -0.3 is 0 Å². The molecule has 0 unspecified atom stereocenters. The van der Waals surface area contributed by atoms with E-state index in [2.05, 4.69) is 0 Å². The lowest BCUT2D eigenvalue weighted by atomic mass is 10.1. The molecular formula is C12H7ClF2OS. The fourth-order valence-electron chi connectivity index (χ4n) is 1.45. The molecule has 2 aromatic rings. The van der Waals surface area contributed by atoms with Gasteiger partial charge in [0.2, 0.25) is 0 Å². The normalized spacial score (nSPS) is 10.5. The van der Waals surface area contributed by atoms with Crippen molar-refractivity contribution in [2.75, 3.05) is 0 Å². The summed E-state index contributed by atoms with van der Waals surface area (Å²) in [6, 6.07) is 6.29. The lowest BCUT2D eigenvalue weighted by molar-refractivity contribution is 0.0997. The Balaban J connectivity index is 2.18. The number of benzene rings is 1. The molecular weight excluding hydrogens is 266 g/mol. The quantitative estimate of drug-likeness (QED) is 0.769. The third-order valence-corrected chi connectivity index (χ3v) is 3.41. The Kier molecular flexibility index (Phi) is 3.54. The van der Waals surface area contributed by atoms with Gasteiger partial charge in [-0.05, 0) is 29.8 Å². The molecule has 88 valence electrons. The Morgan fingerprint density at radius 3 is 2.35 bits per heavy atom. The molecule has 0 aliphatic carbocycles. The Bertz CT molecular complexity index is 545. The molecule has 1 aromatic heterocycles. The van der Waals surface area contributed by atoms with Gasteiger partial charge in [0.15, 0.2) is 5.78 Å². The second-order valence-electron chi connectivity index (χ2n) is 3.48. The Morgan fingerprint density at radius 2 is 1.82 bits per heavy atom. The summed E-state index contributed by atoms with van der Waals surface area (Å²) in [6.07, 6.45) is -0.0362. The van der Waals surface area contributed by atoms with Crippen LogP contribution in [0.1, 0.15) is 15.2 Å². The average molecular weight is 273 g/mol. The minimum absolute atomic E-state index is 0.0362. The molecule has 0 bridgehead atoms. The second-order valence-corrected chi connectivity index (χ2v) is 5.20. The maximum atomic E-state index is 12.9. The van der Waals surface area contributed by atoms with Crippen molar-refractivity contribution in [2.45, 2.75) is 6.42 Å². The molecule has 0 radical (unpaired) electrons. The summed E-state index contributed by atoms with van der Waals surface area (Å²) in [4.78, 5) is 12.2. The van der Waals surface area contributed by atoms with E-state index in [9.17, 15) is 13.6 Å². The highest BCUT2D eigenvalue weighted by Crippen LogP contribution is 2.23. The second kappa shape index (κ2) is 4.94. The number of carbonyl (C=O) groups is 1. The summed E-state index contributed by atoms with van der Waals surface area (Å²) in [5.41, 5.74) is 0.317. The smallest absolute Gasteiger partial charge is 0.177 e. The van der Waals surface area contributed by atoms with Crippen molar-refractivity contribution in [3.05, 3.63) is 56.7 Å². The lowest BCUT2D eigenvalue weighted by Gasteiger charge is -2.00. The van der Waals surface area contributed by atoms with Crippen molar-refractivity contribution in [3.8, 4) is 0 Å². The number of ketones is 1. The van der Waals surface area contributed by atoms with Crippen molar-refractivity contribution >= 4 is 28.7 Å². The van der Waals surface area contributed by atoms with E-state index in [1.54, 1.807) is 12.1 Å². The largest absolute Gasteiger partial charge is 0.293 e. The van der Waals surface area contributed by atoms with Gasteiger partial charge >= 0.3 is 0 Å². The van der Waals surface area contributed by atoms with E-state index in [4.69, 9.17) is 11.6 Å². The third kappa shape index (κ3) is 3.11. The van der Waals surface area contributed by atoms with Crippen molar-refractivity contribution in [1.29, 1.82) is 0 Å². The fraction of sp³-hybridized carbons (Fsp3) is 0.0833. The first-order chi connectivity index (χ1) is 8.04. The van der Waals surface area contributed by atoms with Crippen LogP contribution < -0.4 is 0 Å². The predicted octanol–water partition coefficient (Wildman–Crippen LogP) is 4.11. The highest BCUT2D eigenvalue weighted by molar-refractivity contribution is 7.18. The van der Waals surface area contributed by atoms with Crippen molar-refractivity contribution < 1.29 is 13.6 Å². The van der Waals surface area contributed by atoms with Crippen molar-refractivity contribution in [2.24, 2.45) is 0 Å². The van der Waals surface area contributed by atoms with E-state index in [-0.39, 0.29) is 12.2 Å². The first-order valence-electron chi connectivity index (χ1n) is 4.78. The summed E-state index contributed by atoms with van der Waals surface area (Å²) in [5.74, 6) is -1.57. The topological polar surface area (TPSA) is 17.1 Å². The zero-order valence-corrected chi connectivity index (χ0v) is 10.1. The van der Waals surface area contributed by atoms with E-state index < -0.39 is 11.6 Å². The summed E-state index contributed by atoms with van der Waals surface area (Å²) in [7, 11) is 0. The summed E-state index contributed by atoms with van der Waals surface area (Å²) >= 11 is 6.86. The molecule has 0 amide bonds. The van der Waals surface area contributed by atoms with Crippen LogP contribution in [0.4, 0.5) is 8.78 Å². The highest BCUT2D eigenvalue weighted by Gasteiger charge is 2.11. The van der Waals surface area contributed by atoms with Crippen LogP contribution in [0.3, 0.4) is 0 Å². The van der Waals surface area contributed by atoms with Gasteiger partial charge in [-0.1, -0.05) is 11.6 Å². The molecule has 0 aliphatic heterocycles. The first-order valence-corrected chi connectivity index (χ1v) is 5.97. The van der Waals surface area contributed by atoms with Crippen molar-refractivity contribution in [3.63, 3.8) is 0 Å². The van der Waals surface area contributed by atoms with Crippen LogP contribution in [0.25, 0.3) is 0 Å². The van der Waals surface area contributed by atoms with Gasteiger partial charge in [-0.3, -0.25) is 4.79 Å². The van der Waals surface area contributed by atoms with E-state index in [0.29, 0.717) is 14.8 Å². The molecule has 0 atom stereocenters. The monoisotopic (exact) mass is 272 g/mol. The van der Waals surface area contributed by atoms with Gasteiger partial charge in [-0.2, -0.15) is 0 Å². The van der Waals surface area contributed by atoms with Crippen LogP contribution >= 0.6 is 22.9 Å². The number of thiophene rings is 1. The lowest BCUT2D eigenvalue weighted by Crippen LogP contribution is -2.02. The molecule has 0 aliphatic rings. The van der Waals surface area contributed by atoms with E-state index in [1.807, 2.05) is 0 Å². The Hall–Kier alpha value is -1.26. The molecule has 17 heavy (non-hydrogen) atoms. The number of hydrogen-bond acceptors (Lipinski definition) is 2. The molecule has 0 N–H and O–H groups in total. The number of hydrogen-bond donors (Lipinski definition) is 0. The van der Waals surface area contributed by atoms with Crippen LogP contribution in [0, 0.1) is 11.6 Å². The van der Waals surface area contributed by atoms with Crippen LogP contribution in [0.2, 0.25) is 4.34 Å². The molecule has 0 saturated heterocycles. The molecule has 0 fully saturated rings. The van der Waals surface area contributed by atoms with Crippen LogP contribution in [0.5, 0.6) is 0 Å². The molecule has 1 nitrogen and oxygen atoms in total. The zero-order valence-electron chi connectivity index (χ0n) is 8.54. The number of Topliss-reactive ketones (excluding diaryl/α,β-unsaturated/α-hetero) is 1. The minimum Gasteiger partial charge on any atom is -0.293 e. The number of carbonyl (C=O) groups excluding carboxylic acids is 1. The minimum atomic E-state index is -0.683. The summed E-state index contributed by atoms with van der Waals surface area (Å²) < 4.78 is 26.3. The van der Waals surface area contributed by atoms with Gasteiger partial charge in [0.05, 0.1) is 9.21 Å². The average Bonchev–Trinajstić information content (AvgIpc) is 2.63. The fourth-order valence-corrected chi connectivity index (χ4v) is 2.43. The maximum absolute atomic E-state index is 12.9.